The molecule has 0 saturated carbocycles. The van der Waals surface area contributed by atoms with Gasteiger partial charge in [0.25, 0.3) is 5.56 Å². The van der Waals surface area contributed by atoms with Crippen LogP contribution in [0.25, 0.3) is 0 Å². The first-order chi connectivity index (χ1) is 12.7. The summed E-state index contributed by atoms with van der Waals surface area (Å²) in [6, 6.07) is 5.01. The fourth-order valence-corrected chi connectivity index (χ4v) is 4.38. The Balaban J connectivity index is 1.47. The van der Waals surface area contributed by atoms with Crippen molar-refractivity contribution in [1.29, 1.82) is 0 Å². The molecule has 1 N–H and O–H groups in total. The van der Waals surface area contributed by atoms with Crippen molar-refractivity contribution in [2.24, 2.45) is 5.92 Å². The van der Waals surface area contributed by atoms with Gasteiger partial charge in [0, 0.05) is 49.7 Å². The predicted octanol–water partition coefficient (Wildman–Crippen LogP) is 0.399. The van der Waals surface area contributed by atoms with Crippen molar-refractivity contribution in [3.8, 4) is 0 Å². The molecule has 26 heavy (non-hydrogen) atoms. The summed E-state index contributed by atoms with van der Waals surface area (Å²) in [7, 11) is 0. The second-order valence-electron chi connectivity index (χ2n) is 7.16. The molecule has 2 aromatic rings. The van der Waals surface area contributed by atoms with Gasteiger partial charge in [-0.25, -0.2) is 4.98 Å². The Kier molecular flexibility index (Phi) is 4.58. The van der Waals surface area contributed by atoms with E-state index in [1.54, 1.807) is 27.7 Å². The SMILES string of the molecule is O=C(CCCn1cncn1)N1C[C@H]2C[C@@H](C1)[C@H](CO)n1c2cccc1=O. The normalized spacial score (nSPS) is 24.3. The van der Waals surface area contributed by atoms with E-state index in [0.717, 1.165) is 12.1 Å². The summed E-state index contributed by atoms with van der Waals surface area (Å²) < 4.78 is 3.47. The number of aromatic nitrogens is 4. The van der Waals surface area contributed by atoms with E-state index in [4.69, 9.17) is 0 Å². The number of fused-ring (bicyclic) bond motifs is 4. The Morgan fingerprint density at radius 1 is 1.31 bits per heavy atom. The fourth-order valence-electron chi connectivity index (χ4n) is 4.38. The largest absolute Gasteiger partial charge is 0.394 e. The van der Waals surface area contributed by atoms with Gasteiger partial charge >= 0.3 is 0 Å². The van der Waals surface area contributed by atoms with Crippen LogP contribution in [0.1, 0.15) is 36.9 Å². The molecule has 3 atom stereocenters. The molecule has 0 spiro atoms. The van der Waals surface area contributed by atoms with Crippen molar-refractivity contribution in [2.75, 3.05) is 19.7 Å². The van der Waals surface area contributed by atoms with E-state index >= 15 is 0 Å². The number of rotatable bonds is 5. The van der Waals surface area contributed by atoms with Gasteiger partial charge in [-0.05, 0) is 18.9 Å². The van der Waals surface area contributed by atoms with E-state index in [2.05, 4.69) is 10.1 Å². The van der Waals surface area contributed by atoms with Gasteiger partial charge in [-0.2, -0.15) is 5.10 Å². The number of aliphatic hydroxyl groups excluding tert-OH is 1. The number of likely N-dealkylation sites (tertiary alicyclic amines) is 1. The average molecular weight is 357 g/mol. The zero-order chi connectivity index (χ0) is 18.1. The summed E-state index contributed by atoms with van der Waals surface area (Å²) in [6.07, 6.45) is 5.23. The first-order valence-corrected chi connectivity index (χ1v) is 9.10. The van der Waals surface area contributed by atoms with Gasteiger partial charge in [0.15, 0.2) is 0 Å². The predicted molar refractivity (Wildman–Crippen MR) is 93.5 cm³/mol. The second kappa shape index (κ2) is 7.03. The Bertz CT molecular complexity index is 832. The summed E-state index contributed by atoms with van der Waals surface area (Å²) >= 11 is 0. The minimum absolute atomic E-state index is 0.0659. The molecule has 138 valence electrons. The molecular formula is C18H23N5O3. The Labute approximate surface area is 151 Å². The highest BCUT2D eigenvalue weighted by Gasteiger charge is 2.41. The van der Waals surface area contributed by atoms with Crippen LogP contribution in [0, 0.1) is 5.92 Å². The van der Waals surface area contributed by atoms with Gasteiger partial charge in [0.2, 0.25) is 5.91 Å². The van der Waals surface area contributed by atoms with Gasteiger partial charge < -0.3 is 14.6 Å². The van der Waals surface area contributed by atoms with Crippen molar-refractivity contribution in [1.82, 2.24) is 24.2 Å². The summed E-state index contributed by atoms with van der Waals surface area (Å²) in [5.41, 5.74) is 0.872. The third-order valence-electron chi connectivity index (χ3n) is 5.58. The molecule has 0 radical (unpaired) electrons. The number of hydrogen-bond donors (Lipinski definition) is 1. The van der Waals surface area contributed by atoms with Crippen LogP contribution in [0.4, 0.5) is 0 Å². The van der Waals surface area contributed by atoms with Gasteiger partial charge in [0.05, 0.1) is 12.6 Å². The number of aryl methyl sites for hydroxylation is 1. The molecule has 4 heterocycles. The fraction of sp³-hybridized carbons (Fsp3) is 0.556. The standard InChI is InChI=1S/C18H23N5O3/c24-10-16-14-7-13(15-3-1-4-18(26)23(15)16)8-21(9-14)17(25)5-2-6-22-12-19-11-20-22/h1,3-4,11-14,16,24H,2,5-10H2/t13-,14+,16+/m1/s1. The molecule has 2 bridgehead atoms. The highest BCUT2D eigenvalue weighted by Crippen LogP contribution is 2.40. The smallest absolute Gasteiger partial charge is 0.251 e. The van der Waals surface area contributed by atoms with E-state index in [0.29, 0.717) is 32.5 Å². The molecule has 0 aromatic carbocycles. The van der Waals surface area contributed by atoms with Crippen LogP contribution in [-0.2, 0) is 11.3 Å². The molecule has 0 aliphatic carbocycles. The number of nitrogens with zero attached hydrogens (tertiary/aromatic N) is 5. The summed E-state index contributed by atoms with van der Waals surface area (Å²) in [6.45, 7) is 1.83. The third kappa shape index (κ3) is 3.05. The molecule has 8 heteroatoms. The second-order valence-corrected chi connectivity index (χ2v) is 7.16. The van der Waals surface area contributed by atoms with Crippen LogP contribution in [0.3, 0.4) is 0 Å². The van der Waals surface area contributed by atoms with Gasteiger partial charge in [-0.3, -0.25) is 14.3 Å². The van der Waals surface area contributed by atoms with E-state index in [9.17, 15) is 14.7 Å². The van der Waals surface area contributed by atoms with Crippen molar-refractivity contribution < 1.29 is 9.90 Å². The summed E-state index contributed by atoms with van der Waals surface area (Å²) in [5, 5.41) is 13.9. The molecule has 2 aromatic heterocycles. The number of carbonyl (C=O) groups is 1. The highest BCUT2D eigenvalue weighted by atomic mass is 16.3. The number of carbonyl (C=O) groups excluding carboxylic acids is 1. The van der Waals surface area contributed by atoms with Crippen molar-refractivity contribution in [3.63, 3.8) is 0 Å². The number of piperidine rings is 1. The third-order valence-corrected chi connectivity index (χ3v) is 5.58. The quantitative estimate of drug-likeness (QED) is 0.836. The number of hydrogen-bond acceptors (Lipinski definition) is 5. The van der Waals surface area contributed by atoms with Gasteiger partial charge in [-0.1, -0.05) is 6.07 Å². The first kappa shape index (κ1) is 17.0. The molecule has 1 saturated heterocycles. The van der Waals surface area contributed by atoms with Crippen LogP contribution in [0.15, 0.2) is 35.6 Å². The van der Waals surface area contributed by atoms with Crippen LogP contribution in [0.5, 0.6) is 0 Å². The van der Waals surface area contributed by atoms with Crippen molar-refractivity contribution in [2.45, 2.75) is 37.8 Å². The van der Waals surface area contributed by atoms with E-state index in [-0.39, 0.29) is 36.0 Å². The number of aliphatic hydroxyl groups is 1. The lowest BCUT2D eigenvalue weighted by molar-refractivity contribution is -0.134. The Morgan fingerprint density at radius 2 is 2.19 bits per heavy atom. The highest BCUT2D eigenvalue weighted by molar-refractivity contribution is 5.76. The molecule has 2 aliphatic rings. The summed E-state index contributed by atoms with van der Waals surface area (Å²) in [5.74, 6) is 0.401. The minimum atomic E-state index is -0.249. The monoisotopic (exact) mass is 357 g/mol. The molecule has 8 nitrogen and oxygen atoms in total. The lowest BCUT2D eigenvalue weighted by Crippen LogP contribution is -2.51. The van der Waals surface area contributed by atoms with Gasteiger partial charge in [0.1, 0.15) is 12.7 Å². The molecular weight excluding hydrogens is 334 g/mol. The van der Waals surface area contributed by atoms with Crippen LogP contribution < -0.4 is 5.56 Å². The van der Waals surface area contributed by atoms with E-state index < -0.39 is 0 Å². The van der Waals surface area contributed by atoms with Gasteiger partial charge in [-0.15, -0.1) is 0 Å². The minimum Gasteiger partial charge on any atom is -0.394 e. The number of amides is 1. The number of pyridine rings is 1. The average Bonchev–Trinajstić information content (AvgIpc) is 3.16. The lowest BCUT2D eigenvalue weighted by Gasteiger charge is -2.46. The Morgan fingerprint density at radius 3 is 2.96 bits per heavy atom. The zero-order valence-corrected chi connectivity index (χ0v) is 14.6. The molecule has 4 rings (SSSR count). The van der Waals surface area contributed by atoms with E-state index in [1.165, 1.54) is 6.33 Å². The summed E-state index contributed by atoms with van der Waals surface area (Å²) in [4.78, 5) is 30.8. The molecule has 1 fully saturated rings. The first-order valence-electron chi connectivity index (χ1n) is 9.10. The lowest BCUT2D eigenvalue weighted by atomic mass is 9.78. The molecule has 1 amide bonds. The maximum Gasteiger partial charge on any atom is 0.251 e. The Hall–Kier alpha value is -2.48. The van der Waals surface area contributed by atoms with Crippen LogP contribution in [-0.4, -0.2) is 54.9 Å². The maximum absolute atomic E-state index is 12.7. The maximum atomic E-state index is 12.7. The zero-order valence-electron chi connectivity index (χ0n) is 14.6. The van der Waals surface area contributed by atoms with Crippen LogP contribution in [0.2, 0.25) is 0 Å². The topological polar surface area (TPSA) is 93.2 Å². The van der Waals surface area contributed by atoms with Crippen molar-refractivity contribution in [3.05, 3.63) is 46.9 Å². The molecule has 2 aliphatic heterocycles. The van der Waals surface area contributed by atoms with Crippen molar-refractivity contribution >= 4 is 5.91 Å². The van der Waals surface area contributed by atoms with Crippen LogP contribution >= 0.6 is 0 Å². The molecule has 0 unspecified atom stereocenters. The van der Waals surface area contributed by atoms with E-state index in [1.807, 2.05) is 11.0 Å².